The Hall–Kier alpha value is -1.80. The first-order valence-electron chi connectivity index (χ1n) is 9.43. The van der Waals surface area contributed by atoms with Crippen LogP contribution in [0.1, 0.15) is 45.6 Å². The molecule has 1 saturated carbocycles. The highest BCUT2D eigenvalue weighted by molar-refractivity contribution is 8.14. The van der Waals surface area contributed by atoms with E-state index in [4.69, 9.17) is 10.5 Å². The number of halogens is 1. The Morgan fingerprint density at radius 3 is 2.79 bits per heavy atom. The molecule has 8 heteroatoms. The highest BCUT2D eigenvalue weighted by atomic mass is 32.2. The molecule has 2 aliphatic rings. The van der Waals surface area contributed by atoms with Crippen molar-refractivity contribution >= 4 is 28.7 Å². The molecule has 0 saturated heterocycles. The lowest BCUT2D eigenvalue weighted by atomic mass is 9.73. The third-order valence-electron chi connectivity index (χ3n) is 5.60. The summed E-state index contributed by atoms with van der Waals surface area (Å²) in [7, 11) is 1.69. The minimum Gasteiger partial charge on any atom is -0.465 e. The molecular weight excluding hydrogens is 381 g/mol. The fraction of sp³-hybridized carbons (Fsp3) is 0.600. The molecule has 3 atom stereocenters. The molecule has 28 heavy (non-hydrogen) atoms. The predicted octanol–water partition coefficient (Wildman–Crippen LogP) is 4.30. The Morgan fingerprint density at radius 1 is 1.46 bits per heavy atom. The summed E-state index contributed by atoms with van der Waals surface area (Å²) < 4.78 is 19.9. The molecule has 6 nitrogen and oxygen atoms in total. The third-order valence-corrected chi connectivity index (χ3v) is 7.21. The van der Waals surface area contributed by atoms with E-state index in [1.54, 1.807) is 19.2 Å². The van der Waals surface area contributed by atoms with Crippen LogP contribution < -0.4 is 5.73 Å². The molecule has 0 aromatic heterocycles. The summed E-state index contributed by atoms with van der Waals surface area (Å²) in [5.41, 5.74) is 6.35. The Balaban J connectivity index is 2.09. The van der Waals surface area contributed by atoms with E-state index in [-0.39, 0.29) is 17.8 Å². The number of amidine groups is 1. The number of nitrogen functional groups attached to an aromatic ring is 1. The second kappa shape index (κ2) is 7.55. The average Bonchev–Trinajstić information content (AvgIpc) is 2.61. The van der Waals surface area contributed by atoms with E-state index in [0.29, 0.717) is 29.4 Å². The van der Waals surface area contributed by atoms with E-state index < -0.39 is 16.4 Å². The van der Waals surface area contributed by atoms with Crippen LogP contribution in [0.3, 0.4) is 0 Å². The monoisotopic (exact) mass is 409 g/mol. The molecule has 0 radical (unpaired) electrons. The van der Waals surface area contributed by atoms with Crippen LogP contribution >= 0.6 is 11.8 Å². The van der Waals surface area contributed by atoms with Crippen molar-refractivity contribution in [2.24, 2.45) is 10.9 Å². The van der Waals surface area contributed by atoms with E-state index in [0.717, 1.165) is 12.8 Å². The van der Waals surface area contributed by atoms with Crippen LogP contribution in [0.2, 0.25) is 0 Å². The molecule has 154 valence electrons. The lowest BCUT2D eigenvalue weighted by Crippen LogP contribution is -2.53. The molecule has 1 amide bonds. The molecule has 0 spiro atoms. The second-order valence-electron chi connectivity index (χ2n) is 8.47. The number of nitrogens with zero attached hydrogens (tertiary/aromatic N) is 2. The quantitative estimate of drug-likeness (QED) is 0.711. The number of carboxylic acid groups (broad SMARTS) is 1. The molecule has 1 aliphatic carbocycles. The lowest BCUT2D eigenvalue weighted by molar-refractivity contribution is 0.0374. The SMILES string of the molecule is CO[C@H]1CC[C@]2(c3cc(N)ccc3F)SC(N(C(=O)O)C(C)(C)C)=NC[C@H]2C1. The van der Waals surface area contributed by atoms with Gasteiger partial charge >= 0.3 is 6.09 Å². The van der Waals surface area contributed by atoms with Gasteiger partial charge in [0.05, 0.1) is 10.9 Å². The maximum atomic E-state index is 14.9. The Labute approximate surface area is 169 Å². The van der Waals surface area contributed by atoms with Gasteiger partial charge in [0, 0.05) is 36.4 Å². The number of anilines is 1. The van der Waals surface area contributed by atoms with Gasteiger partial charge in [-0.1, -0.05) is 11.8 Å². The van der Waals surface area contributed by atoms with Crippen molar-refractivity contribution < 1.29 is 19.0 Å². The van der Waals surface area contributed by atoms with Crippen LogP contribution in [0, 0.1) is 11.7 Å². The summed E-state index contributed by atoms with van der Waals surface area (Å²) in [5, 5.41) is 10.2. The van der Waals surface area contributed by atoms with Crippen molar-refractivity contribution in [2.45, 2.75) is 56.4 Å². The van der Waals surface area contributed by atoms with Crippen LogP contribution in [0.25, 0.3) is 0 Å². The minimum absolute atomic E-state index is 0.0341. The standard InChI is InChI=1S/C20H28FN3O3S/c1-19(2,3)24(18(25)26)17-23-11-12-9-14(27-4)7-8-20(12,28-17)15-10-13(22)5-6-16(15)21/h5-6,10,12,14H,7-9,11,22H2,1-4H3,(H,25,26)/t12-,14+,20+/m1/s1. The highest BCUT2D eigenvalue weighted by Crippen LogP contribution is 2.56. The van der Waals surface area contributed by atoms with Crippen LogP contribution in [0.4, 0.5) is 14.9 Å². The number of thioether (sulfide) groups is 1. The fourth-order valence-corrected chi connectivity index (χ4v) is 5.94. The summed E-state index contributed by atoms with van der Waals surface area (Å²) >= 11 is 1.36. The number of ether oxygens (including phenoxy) is 1. The highest BCUT2D eigenvalue weighted by Gasteiger charge is 2.51. The Kier molecular flexibility index (Phi) is 5.64. The fourth-order valence-electron chi connectivity index (χ4n) is 4.21. The van der Waals surface area contributed by atoms with Gasteiger partial charge in [-0.15, -0.1) is 0 Å². The zero-order valence-electron chi connectivity index (χ0n) is 16.7. The molecule has 0 bridgehead atoms. The van der Waals surface area contributed by atoms with Gasteiger partial charge in [-0.25, -0.2) is 9.18 Å². The van der Waals surface area contributed by atoms with E-state index in [1.165, 1.54) is 22.7 Å². The maximum Gasteiger partial charge on any atom is 0.413 e. The first-order valence-corrected chi connectivity index (χ1v) is 10.2. The number of fused-ring (bicyclic) bond motifs is 1. The zero-order chi connectivity index (χ0) is 20.7. The van der Waals surface area contributed by atoms with Gasteiger partial charge < -0.3 is 15.6 Å². The lowest BCUT2D eigenvalue weighted by Gasteiger charge is -2.49. The van der Waals surface area contributed by atoms with Crippen LogP contribution in [0.5, 0.6) is 0 Å². The molecule has 3 N–H and O–H groups in total. The smallest absolute Gasteiger partial charge is 0.413 e. The van der Waals surface area contributed by atoms with Crippen molar-refractivity contribution in [3.63, 3.8) is 0 Å². The minimum atomic E-state index is -1.06. The van der Waals surface area contributed by atoms with Crippen molar-refractivity contribution in [1.82, 2.24) is 4.90 Å². The zero-order valence-corrected chi connectivity index (χ0v) is 17.6. The van der Waals surface area contributed by atoms with Gasteiger partial charge in [0.25, 0.3) is 0 Å². The van der Waals surface area contributed by atoms with E-state index >= 15 is 0 Å². The van der Waals surface area contributed by atoms with Crippen LogP contribution in [-0.4, -0.2) is 46.6 Å². The molecular formula is C20H28FN3O3S. The number of hydrogen-bond donors (Lipinski definition) is 2. The van der Waals surface area contributed by atoms with Crippen LogP contribution in [-0.2, 0) is 9.48 Å². The van der Waals surface area contributed by atoms with Crippen molar-refractivity contribution in [3.05, 3.63) is 29.6 Å². The van der Waals surface area contributed by atoms with E-state index in [2.05, 4.69) is 4.99 Å². The number of carbonyl (C=O) groups is 1. The summed E-state index contributed by atoms with van der Waals surface area (Å²) in [6.07, 6.45) is 1.21. The van der Waals surface area contributed by atoms with Gasteiger partial charge in [0.15, 0.2) is 5.17 Å². The van der Waals surface area contributed by atoms with E-state index in [1.807, 2.05) is 20.8 Å². The molecule has 1 aromatic rings. The molecule has 1 heterocycles. The molecule has 1 fully saturated rings. The number of nitrogens with two attached hydrogens (primary N) is 1. The summed E-state index contributed by atoms with van der Waals surface area (Å²) in [6.45, 7) is 5.90. The van der Waals surface area contributed by atoms with Crippen LogP contribution in [0.15, 0.2) is 23.2 Å². The maximum absolute atomic E-state index is 14.9. The summed E-state index contributed by atoms with van der Waals surface area (Å²) in [6, 6.07) is 4.63. The number of aliphatic imine (C=N–C) groups is 1. The predicted molar refractivity (Wildman–Crippen MR) is 110 cm³/mol. The van der Waals surface area contributed by atoms with E-state index in [9.17, 15) is 14.3 Å². The number of methoxy groups -OCH3 is 1. The van der Waals surface area contributed by atoms with Gasteiger partial charge in [-0.3, -0.25) is 9.89 Å². The number of amides is 1. The summed E-state index contributed by atoms with van der Waals surface area (Å²) in [4.78, 5) is 17.9. The van der Waals surface area contributed by atoms with Gasteiger partial charge in [-0.05, 0) is 58.2 Å². The first kappa shape index (κ1) is 20.9. The third kappa shape index (κ3) is 3.72. The molecule has 1 aromatic carbocycles. The van der Waals surface area contributed by atoms with Crippen molar-refractivity contribution in [3.8, 4) is 0 Å². The van der Waals surface area contributed by atoms with Gasteiger partial charge in [0.2, 0.25) is 0 Å². The Bertz CT molecular complexity index is 795. The normalized spacial score (nSPS) is 27.7. The Morgan fingerprint density at radius 2 is 2.18 bits per heavy atom. The number of rotatable bonds is 2. The van der Waals surface area contributed by atoms with Gasteiger partial charge in [0.1, 0.15) is 5.82 Å². The molecule has 0 unspecified atom stereocenters. The topological polar surface area (TPSA) is 88.2 Å². The average molecular weight is 410 g/mol. The largest absolute Gasteiger partial charge is 0.465 e. The first-order chi connectivity index (χ1) is 13.1. The van der Waals surface area contributed by atoms with Crippen molar-refractivity contribution in [2.75, 3.05) is 19.4 Å². The number of hydrogen-bond acceptors (Lipinski definition) is 5. The van der Waals surface area contributed by atoms with Gasteiger partial charge in [-0.2, -0.15) is 0 Å². The molecule has 3 rings (SSSR count). The second-order valence-corrected chi connectivity index (χ2v) is 9.77. The molecule has 1 aliphatic heterocycles. The van der Waals surface area contributed by atoms with Crippen molar-refractivity contribution in [1.29, 1.82) is 0 Å². The number of benzene rings is 1. The summed E-state index contributed by atoms with van der Waals surface area (Å²) in [5.74, 6) is -0.284.